The van der Waals surface area contributed by atoms with Crippen LogP contribution >= 0.6 is 0 Å². The number of para-hydroxylation sites is 1. The van der Waals surface area contributed by atoms with Gasteiger partial charge in [-0.25, -0.2) is 0 Å². The number of nitrogens with zero attached hydrogens (tertiary/aromatic N) is 1. The Kier molecular flexibility index (Phi) is 6.13. The van der Waals surface area contributed by atoms with Gasteiger partial charge in [0.15, 0.2) is 0 Å². The quantitative estimate of drug-likeness (QED) is 0.873. The molecule has 0 radical (unpaired) electrons. The molecule has 2 atom stereocenters. The molecule has 2 N–H and O–H groups in total. The third kappa shape index (κ3) is 4.73. The first-order chi connectivity index (χ1) is 11.7. The summed E-state index contributed by atoms with van der Waals surface area (Å²) in [5.74, 6) is 1.37. The van der Waals surface area contributed by atoms with Gasteiger partial charge in [-0.2, -0.15) is 0 Å². The van der Waals surface area contributed by atoms with Gasteiger partial charge >= 0.3 is 0 Å². The van der Waals surface area contributed by atoms with Crippen LogP contribution in [-0.4, -0.2) is 38.1 Å². The first-order valence-corrected chi connectivity index (χ1v) is 9.52. The smallest absolute Gasteiger partial charge is 0.220 e. The summed E-state index contributed by atoms with van der Waals surface area (Å²) in [6.45, 7) is 6.49. The molecule has 2 heterocycles. The number of carbonyl (C=O) groups is 1. The number of rotatable bonds is 5. The molecule has 0 saturated carbocycles. The van der Waals surface area contributed by atoms with Crippen LogP contribution in [0.2, 0.25) is 0 Å². The summed E-state index contributed by atoms with van der Waals surface area (Å²) in [6.07, 6.45) is 5.26. The van der Waals surface area contributed by atoms with E-state index >= 15 is 0 Å². The Bertz CT molecular complexity index is 505. The van der Waals surface area contributed by atoms with Gasteiger partial charge in [-0.15, -0.1) is 0 Å². The van der Waals surface area contributed by atoms with Crippen LogP contribution in [0, 0.1) is 11.8 Å². The monoisotopic (exact) mass is 329 g/mol. The summed E-state index contributed by atoms with van der Waals surface area (Å²) >= 11 is 0. The van der Waals surface area contributed by atoms with Crippen molar-refractivity contribution in [2.24, 2.45) is 11.8 Å². The first-order valence-electron chi connectivity index (χ1n) is 9.52. The highest BCUT2D eigenvalue weighted by Crippen LogP contribution is 2.23. The lowest BCUT2D eigenvalue weighted by atomic mass is 9.85. The summed E-state index contributed by atoms with van der Waals surface area (Å²) < 4.78 is 0. The summed E-state index contributed by atoms with van der Waals surface area (Å²) in [5, 5.41) is 6.73. The SMILES string of the molecule is CC(CC(=O)NC1CCN(c2ccccc2)CC1)C1CCCNC1. The number of hydrogen-bond donors (Lipinski definition) is 2. The van der Waals surface area contributed by atoms with Crippen molar-refractivity contribution in [1.82, 2.24) is 10.6 Å². The van der Waals surface area contributed by atoms with Gasteiger partial charge in [-0.1, -0.05) is 25.1 Å². The van der Waals surface area contributed by atoms with Crippen molar-refractivity contribution in [3.05, 3.63) is 30.3 Å². The highest BCUT2D eigenvalue weighted by atomic mass is 16.1. The maximum absolute atomic E-state index is 12.4. The molecule has 3 rings (SSSR count). The molecule has 2 aliphatic heterocycles. The van der Waals surface area contributed by atoms with Gasteiger partial charge < -0.3 is 15.5 Å². The second-order valence-electron chi connectivity index (χ2n) is 7.45. The van der Waals surface area contributed by atoms with E-state index in [0.717, 1.165) is 39.0 Å². The van der Waals surface area contributed by atoms with Crippen molar-refractivity contribution in [3.8, 4) is 0 Å². The van der Waals surface area contributed by atoms with Gasteiger partial charge in [-0.3, -0.25) is 4.79 Å². The average molecular weight is 329 g/mol. The summed E-state index contributed by atoms with van der Waals surface area (Å²) in [4.78, 5) is 14.8. The van der Waals surface area contributed by atoms with E-state index in [1.54, 1.807) is 0 Å². The van der Waals surface area contributed by atoms with Crippen LogP contribution in [0.25, 0.3) is 0 Å². The number of amides is 1. The number of carbonyl (C=O) groups excluding carboxylic acids is 1. The first kappa shape index (κ1) is 17.3. The van der Waals surface area contributed by atoms with Crippen molar-refractivity contribution < 1.29 is 4.79 Å². The van der Waals surface area contributed by atoms with Crippen molar-refractivity contribution in [2.75, 3.05) is 31.1 Å². The van der Waals surface area contributed by atoms with E-state index in [0.29, 0.717) is 24.3 Å². The Morgan fingerprint density at radius 3 is 2.67 bits per heavy atom. The van der Waals surface area contributed by atoms with E-state index < -0.39 is 0 Å². The Labute approximate surface area is 146 Å². The van der Waals surface area contributed by atoms with Crippen molar-refractivity contribution in [2.45, 2.75) is 45.1 Å². The number of anilines is 1. The highest BCUT2D eigenvalue weighted by molar-refractivity contribution is 5.76. The van der Waals surface area contributed by atoms with Crippen molar-refractivity contribution in [1.29, 1.82) is 0 Å². The lowest BCUT2D eigenvalue weighted by molar-refractivity contribution is -0.123. The molecule has 1 amide bonds. The summed E-state index contributed by atoms with van der Waals surface area (Å²) in [5.41, 5.74) is 1.29. The zero-order valence-corrected chi connectivity index (χ0v) is 14.8. The third-order valence-corrected chi connectivity index (χ3v) is 5.63. The molecule has 2 fully saturated rings. The molecule has 0 spiro atoms. The zero-order chi connectivity index (χ0) is 16.8. The Morgan fingerprint density at radius 2 is 2.00 bits per heavy atom. The molecule has 2 saturated heterocycles. The number of nitrogens with one attached hydrogen (secondary N) is 2. The minimum atomic E-state index is 0.242. The van der Waals surface area contributed by atoms with E-state index in [-0.39, 0.29) is 5.91 Å². The zero-order valence-electron chi connectivity index (χ0n) is 14.8. The predicted molar refractivity (Wildman–Crippen MR) is 99.2 cm³/mol. The fourth-order valence-electron chi connectivity index (χ4n) is 4.03. The molecule has 4 nitrogen and oxygen atoms in total. The fraction of sp³-hybridized carbons (Fsp3) is 0.650. The van der Waals surface area contributed by atoms with Gasteiger partial charge in [0.25, 0.3) is 0 Å². The average Bonchev–Trinajstić information content (AvgIpc) is 2.64. The number of benzene rings is 1. The van der Waals surface area contributed by atoms with Gasteiger partial charge in [-0.05, 0) is 62.7 Å². The maximum Gasteiger partial charge on any atom is 0.220 e. The van der Waals surface area contributed by atoms with Crippen LogP contribution in [0.4, 0.5) is 5.69 Å². The molecule has 0 aromatic heterocycles. The molecular formula is C20H31N3O. The highest BCUT2D eigenvalue weighted by Gasteiger charge is 2.24. The minimum Gasteiger partial charge on any atom is -0.371 e. The van der Waals surface area contributed by atoms with E-state index in [2.05, 4.69) is 52.8 Å². The predicted octanol–water partition coefficient (Wildman–Crippen LogP) is 2.80. The van der Waals surface area contributed by atoms with E-state index in [4.69, 9.17) is 0 Å². The van der Waals surface area contributed by atoms with E-state index in [1.165, 1.54) is 18.5 Å². The summed E-state index contributed by atoms with van der Waals surface area (Å²) in [7, 11) is 0. The second-order valence-corrected chi connectivity index (χ2v) is 7.45. The third-order valence-electron chi connectivity index (χ3n) is 5.63. The van der Waals surface area contributed by atoms with E-state index in [1.807, 2.05) is 0 Å². The van der Waals surface area contributed by atoms with Gasteiger partial charge in [0.2, 0.25) is 5.91 Å². The van der Waals surface area contributed by atoms with E-state index in [9.17, 15) is 4.79 Å². The van der Waals surface area contributed by atoms with Crippen molar-refractivity contribution >= 4 is 11.6 Å². The van der Waals surface area contributed by atoms with Crippen molar-refractivity contribution in [3.63, 3.8) is 0 Å². The normalized spacial score (nSPS) is 23.7. The summed E-state index contributed by atoms with van der Waals surface area (Å²) in [6, 6.07) is 10.9. The van der Waals surface area contributed by atoms with Crippen LogP contribution in [0.3, 0.4) is 0 Å². The van der Waals surface area contributed by atoms with Gasteiger partial charge in [0.05, 0.1) is 0 Å². The Balaban J connectivity index is 1.40. The topological polar surface area (TPSA) is 44.4 Å². The molecule has 132 valence electrons. The van der Waals surface area contributed by atoms with Crippen LogP contribution < -0.4 is 15.5 Å². The lowest BCUT2D eigenvalue weighted by Gasteiger charge is -2.34. The molecule has 0 aliphatic carbocycles. The standard InChI is InChI=1S/C20H31N3O/c1-16(17-6-5-11-21-15-17)14-20(24)22-18-9-12-23(13-10-18)19-7-3-2-4-8-19/h2-4,7-8,16-18,21H,5-6,9-15H2,1H3,(H,22,24). The lowest BCUT2D eigenvalue weighted by Crippen LogP contribution is -2.45. The molecule has 1 aromatic carbocycles. The van der Waals surface area contributed by atoms with Crippen LogP contribution in [0.15, 0.2) is 30.3 Å². The Hall–Kier alpha value is -1.55. The molecule has 0 bridgehead atoms. The minimum absolute atomic E-state index is 0.242. The van der Waals surface area contributed by atoms with Crippen LogP contribution in [0.1, 0.15) is 39.0 Å². The molecule has 24 heavy (non-hydrogen) atoms. The van der Waals surface area contributed by atoms with Gasteiger partial charge in [0.1, 0.15) is 0 Å². The van der Waals surface area contributed by atoms with Crippen LogP contribution in [-0.2, 0) is 4.79 Å². The number of piperidine rings is 2. The fourth-order valence-corrected chi connectivity index (χ4v) is 4.03. The maximum atomic E-state index is 12.4. The van der Waals surface area contributed by atoms with Crippen LogP contribution in [0.5, 0.6) is 0 Å². The second kappa shape index (κ2) is 8.52. The largest absolute Gasteiger partial charge is 0.371 e. The Morgan fingerprint density at radius 1 is 1.25 bits per heavy atom. The molecule has 2 aliphatic rings. The number of hydrogen-bond acceptors (Lipinski definition) is 3. The molecule has 4 heteroatoms. The molecular weight excluding hydrogens is 298 g/mol. The molecule has 2 unspecified atom stereocenters. The molecule has 1 aromatic rings. The van der Waals surface area contributed by atoms with Gasteiger partial charge in [0, 0.05) is 31.2 Å².